The second-order valence-electron chi connectivity index (χ2n) is 4.11. The van der Waals surface area contributed by atoms with Gasteiger partial charge in [-0.1, -0.05) is 13.3 Å². The number of alkyl halides is 1. The Bertz CT molecular complexity index is 339. The molecule has 1 N–H and O–H groups in total. The number of nitrogens with zero attached hydrogens (tertiary/aromatic N) is 2. The molecule has 0 saturated carbocycles. The summed E-state index contributed by atoms with van der Waals surface area (Å²) >= 11 is 9.25. The summed E-state index contributed by atoms with van der Waals surface area (Å²) in [5.74, 6) is 0.771. The molecule has 0 spiro atoms. The van der Waals surface area contributed by atoms with Crippen molar-refractivity contribution in [3.63, 3.8) is 0 Å². The third-order valence-corrected chi connectivity index (χ3v) is 3.97. The maximum atomic E-state index is 5.63. The van der Waals surface area contributed by atoms with Gasteiger partial charge in [0, 0.05) is 19.5 Å². The van der Waals surface area contributed by atoms with Crippen molar-refractivity contribution in [2.75, 3.05) is 12.4 Å². The Balaban J connectivity index is 2.34. The molecule has 17 heavy (non-hydrogen) atoms. The molecule has 3 nitrogen and oxygen atoms in total. The molecule has 98 valence electrons. The van der Waals surface area contributed by atoms with Crippen molar-refractivity contribution >= 4 is 27.5 Å². The van der Waals surface area contributed by atoms with Crippen LogP contribution in [-0.4, -0.2) is 22.2 Å². The van der Waals surface area contributed by atoms with Gasteiger partial charge in [-0.25, -0.2) is 0 Å². The van der Waals surface area contributed by atoms with Gasteiger partial charge in [0.1, 0.15) is 0 Å². The fraction of sp³-hybridized carbons (Fsp3) is 0.750. The van der Waals surface area contributed by atoms with Crippen molar-refractivity contribution in [1.29, 1.82) is 0 Å². The molecule has 1 rings (SSSR count). The van der Waals surface area contributed by atoms with E-state index in [1.165, 1.54) is 18.5 Å². The molecule has 0 aliphatic heterocycles. The molecular formula is C12H21BrClN3. The van der Waals surface area contributed by atoms with Crippen molar-refractivity contribution in [3.8, 4) is 0 Å². The molecule has 0 saturated heterocycles. The second-order valence-corrected chi connectivity index (χ2v) is 5.28. The minimum Gasteiger partial charge on any atom is -0.311 e. The highest BCUT2D eigenvalue weighted by molar-refractivity contribution is 9.10. The van der Waals surface area contributed by atoms with E-state index in [1.807, 2.05) is 11.7 Å². The van der Waals surface area contributed by atoms with Gasteiger partial charge in [-0.2, -0.15) is 5.10 Å². The lowest BCUT2D eigenvalue weighted by molar-refractivity contribution is 0.587. The van der Waals surface area contributed by atoms with E-state index in [0.717, 1.165) is 42.0 Å². The SMILES string of the molecule is CCc1nn(C)c(CNCCCCCCl)c1Br. The minimum atomic E-state index is 0.771. The average molecular weight is 323 g/mol. The van der Waals surface area contributed by atoms with Crippen molar-refractivity contribution in [2.24, 2.45) is 7.05 Å². The molecule has 1 aromatic rings. The van der Waals surface area contributed by atoms with Crippen molar-refractivity contribution in [3.05, 3.63) is 15.9 Å². The largest absolute Gasteiger partial charge is 0.311 e. The molecule has 0 atom stereocenters. The van der Waals surface area contributed by atoms with Gasteiger partial charge in [0.15, 0.2) is 0 Å². The first-order valence-electron chi connectivity index (χ1n) is 6.17. The average Bonchev–Trinajstić information content (AvgIpc) is 2.60. The lowest BCUT2D eigenvalue weighted by Gasteiger charge is -2.05. The number of aryl methyl sites for hydroxylation is 2. The Morgan fingerprint density at radius 3 is 2.71 bits per heavy atom. The highest BCUT2D eigenvalue weighted by Crippen LogP contribution is 2.21. The van der Waals surface area contributed by atoms with Gasteiger partial charge in [0.25, 0.3) is 0 Å². The van der Waals surface area contributed by atoms with E-state index in [4.69, 9.17) is 11.6 Å². The van der Waals surface area contributed by atoms with E-state index in [-0.39, 0.29) is 0 Å². The predicted molar refractivity (Wildman–Crippen MR) is 76.6 cm³/mol. The van der Waals surface area contributed by atoms with Crippen LogP contribution in [-0.2, 0) is 20.0 Å². The molecule has 0 aliphatic rings. The van der Waals surface area contributed by atoms with E-state index < -0.39 is 0 Å². The van der Waals surface area contributed by atoms with Crippen LogP contribution in [0.4, 0.5) is 0 Å². The Kier molecular flexibility index (Phi) is 7.16. The first-order chi connectivity index (χ1) is 8.20. The summed E-state index contributed by atoms with van der Waals surface area (Å²) in [6.45, 7) is 4.03. The van der Waals surface area contributed by atoms with Gasteiger partial charge in [-0.3, -0.25) is 4.68 Å². The first-order valence-corrected chi connectivity index (χ1v) is 7.50. The third kappa shape index (κ3) is 4.60. The Morgan fingerprint density at radius 2 is 2.12 bits per heavy atom. The standard InChI is InChI=1S/C12H21BrClN3/c1-3-10-12(13)11(17(2)16-10)9-15-8-6-4-5-7-14/h15H,3-9H2,1-2H3. The molecule has 0 aromatic carbocycles. The number of rotatable bonds is 8. The molecule has 0 aliphatic carbocycles. The summed E-state index contributed by atoms with van der Waals surface area (Å²) < 4.78 is 3.10. The van der Waals surface area contributed by atoms with E-state index >= 15 is 0 Å². The highest BCUT2D eigenvalue weighted by atomic mass is 79.9. The second kappa shape index (κ2) is 8.11. The van der Waals surface area contributed by atoms with Crippen LogP contribution in [0, 0.1) is 0 Å². The van der Waals surface area contributed by atoms with E-state index in [1.54, 1.807) is 0 Å². The van der Waals surface area contributed by atoms with Crippen LogP contribution < -0.4 is 5.32 Å². The Morgan fingerprint density at radius 1 is 1.35 bits per heavy atom. The van der Waals surface area contributed by atoms with Crippen LogP contribution in [0.3, 0.4) is 0 Å². The highest BCUT2D eigenvalue weighted by Gasteiger charge is 2.11. The van der Waals surface area contributed by atoms with Gasteiger partial charge in [-0.15, -0.1) is 11.6 Å². The normalized spacial score (nSPS) is 11.1. The molecule has 1 aromatic heterocycles. The fourth-order valence-corrected chi connectivity index (χ4v) is 2.69. The molecule has 0 bridgehead atoms. The molecular weight excluding hydrogens is 302 g/mol. The van der Waals surface area contributed by atoms with Gasteiger partial charge in [-0.05, 0) is 41.7 Å². The Labute approximate surface area is 117 Å². The molecule has 1 heterocycles. The van der Waals surface area contributed by atoms with Crippen LogP contribution in [0.1, 0.15) is 37.6 Å². The zero-order valence-corrected chi connectivity index (χ0v) is 12.9. The van der Waals surface area contributed by atoms with Gasteiger partial charge >= 0.3 is 0 Å². The predicted octanol–water partition coefficient (Wildman–Crippen LogP) is 3.24. The minimum absolute atomic E-state index is 0.771. The van der Waals surface area contributed by atoms with Crippen molar-refractivity contribution in [1.82, 2.24) is 15.1 Å². The summed E-state index contributed by atoms with van der Waals surface area (Å²) in [4.78, 5) is 0. The van der Waals surface area contributed by atoms with E-state index in [2.05, 4.69) is 33.3 Å². The number of hydrogen-bond donors (Lipinski definition) is 1. The number of hydrogen-bond acceptors (Lipinski definition) is 2. The number of halogens is 2. The van der Waals surface area contributed by atoms with Crippen molar-refractivity contribution < 1.29 is 0 Å². The van der Waals surface area contributed by atoms with Crippen molar-refractivity contribution in [2.45, 2.75) is 39.2 Å². The maximum Gasteiger partial charge on any atom is 0.0767 e. The molecule has 0 unspecified atom stereocenters. The molecule has 5 heteroatoms. The number of nitrogens with one attached hydrogen (secondary N) is 1. The van der Waals surface area contributed by atoms with Crippen LogP contribution in [0.25, 0.3) is 0 Å². The van der Waals surface area contributed by atoms with Crippen LogP contribution in [0.15, 0.2) is 4.47 Å². The Hall–Kier alpha value is -0.0600. The zero-order chi connectivity index (χ0) is 12.7. The zero-order valence-electron chi connectivity index (χ0n) is 10.6. The lowest BCUT2D eigenvalue weighted by Crippen LogP contribution is -2.17. The summed E-state index contributed by atoms with van der Waals surface area (Å²) in [6.07, 6.45) is 4.45. The summed E-state index contributed by atoms with van der Waals surface area (Å²) in [5.41, 5.74) is 2.35. The number of unbranched alkanes of at least 4 members (excludes halogenated alkanes) is 2. The van der Waals surface area contributed by atoms with Gasteiger partial charge in [0.2, 0.25) is 0 Å². The van der Waals surface area contributed by atoms with Crippen LogP contribution in [0.2, 0.25) is 0 Å². The van der Waals surface area contributed by atoms with E-state index in [9.17, 15) is 0 Å². The smallest absolute Gasteiger partial charge is 0.0767 e. The number of aromatic nitrogens is 2. The van der Waals surface area contributed by atoms with Gasteiger partial charge in [0.05, 0.1) is 15.9 Å². The summed E-state index contributed by atoms with van der Waals surface area (Å²) in [5, 5.41) is 7.92. The molecule has 0 amide bonds. The maximum absolute atomic E-state index is 5.63. The lowest BCUT2D eigenvalue weighted by atomic mass is 10.2. The molecule has 0 radical (unpaired) electrons. The van der Waals surface area contributed by atoms with Crippen LogP contribution in [0.5, 0.6) is 0 Å². The molecule has 0 fully saturated rings. The van der Waals surface area contributed by atoms with Gasteiger partial charge < -0.3 is 5.32 Å². The summed E-state index contributed by atoms with van der Waals surface area (Å²) in [7, 11) is 1.99. The topological polar surface area (TPSA) is 29.9 Å². The third-order valence-electron chi connectivity index (χ3n) is 2.78. The monoisotopic (exact) mass is 321 g/mol. The first kappa shape index (κ1) is 15.0. The fourth-order valence-electron chi connectivity index (χ4n) is 1.74. The quantitative estimate of drug-likeness (QED) is 0.588. The van der Waals surface area contributed by atoms with E-state index in [0.29, 0.717) is 0 Å². The summed E-state index contributed by atoms with van der Waals surface area (Å²) in [6, 6.07) is 0. The van der Waals surface area contributed by atoms with Crippen LogP contribution >= 0.6 is 27.5 Å².